The summed E-state index contributed by atoms with van der Waals surface area (Å²) in [7, 11) is 0. The van der Waals surface area contributed by atoms with Crippen LogP contribution in [-0.2, 0) is 27.3 Å². The quantitative estimate of drug-likeness (QED) is 0.0883. The fraction of sp³-hybridized carbons (Fsp3) is 0.368. The van der Waals surface area contributed by atoms with Crippen molar-refractivity contribution in [2.24, 2.45) is 5.41 Å². The van der Waals surface area contributed by atoms with Crippen LogP contribution in [-0.4, -0.2) is 68.5 Å². The molecule has 1 saturated heterocycles. The number of carbonyl (C=O) groups is 4. The van der Waals surface area contributed by atoms with Gasteiger partial charge in [-0.1, -0.05) is 29.8 Å². The molecule has 2 aromatic carbocycles. The molecule has 0 bridgehead atoms. The minimum atomic E-state index is -1.02. The van der Waals surface area contributed by atoms with Crippen molar-refractivity contribution in [3.8, 4) is 5.75 Å². The molecule has 2 aliphatic heterocycles. The highest BCUT2D eigenvalue weighted by atomic mass is 35.5. The maximum absolute atomic E-state index is 14.6. The molecule has 2 fully saturated rings. The zero-order valence-electron chi connectivity index (χ0n) is 29.1. The lowest BCUT2D eigenvalue weighted by atomic mass is 9.68. The molecule has 54 heavy (non-hydrogen) atoms. The van der Waals surface area contributed by atoms with Crippen molar-refractivity contribution >= 4 is 63.2 Å². The van der Waals surface area contributed by atoms with E-state index >= 15 is 0 Å². The molecule has 282 valence electrons. The van der Waals surface area contributed by atoms with Gasteiger partial charge in [-0.2, -0.15) is 0 Å². The first kappa shape index (κ1) is 37.4. The first-order valence-corrected chi connectivity index (χ1v) is 19.1. The lowest BCUT2D eigenvalue weighted by Gasteiger charge is -2.43. The van der Waals surface area contributed by atoms with Crippen molar-refractivity contribution < 1.29 is 33.4 Å². The predicted octanol–water partition coefficient (Wildman–Crippen LogP) is 5.32. The first-order valence-electron chi connectivity index (χ1n) is 17.8. The average molecular weight is 776 g/mol. The summed E-state index contributed by atoms with van der Waals surface area (Å²) in [6.07, 6.45) is 3.35. The van der Waals surface area contributed by atoms with Crippen LogP contribution < -0.4 is 26.0 Å². The van der Waals surface area contributed by atoms with Crippen LogP contribution in [0.1, 0.15) is 66.6 Å². The van der Waals surface area contributed by atoms with Gasteiger partial charge in [-0.3, -0.25) is 29.8 Å². The molecule has 0 spiro atoms. The summed E-state index contributed by atoms with van der Waals surface area (Å²) in [6.45, 7) is 0.275. The number of piperidine rings is 1. The smallest absolute Gasteiger partial charge is 0.255 e. The summed E-state index contributed by atoms with van der Waals surface area (Å²) in [4.78, 5) is 61.1. The molecule has 7 rings (SSSR count). The van der Waals surface area contributed by atoms with E-state index in [1.807, 2.05) is 23.6 Å². The predicted molar refractivity (Wildman–Crippen MR) is 200 cm³/mol. The molecule has 4 amide bonds. The molecule has 3 aliphatic rings. The van der Waals surface area contributed by atoms with Crippen LogP contribution in [0.2, 0.25) is 5.02 Å². The number of aliphatic hydroxyl groups excluding tert-OH is 1. The molecule has 0 radical (unpaired) electrons. The van der Waals surface area contributed by atoms with Gasteiger partial charge in [0.05, 0.1) is 11.1 Å². The van der Waals surface area contributed by atoms with Gasteiger partial charge in [0, 0.05) is 65.4 Å². The summed E-state index contributed by atoms with van der Waals surface area (Å²) in [5, 5.41) is 25.9. The number of nitrogens with one attached hydrogen (secondary N) is 4. The van der Waals surface area contributed by atoms with E-state index in [1.165, 1.54) is 22.3 Å². The average Bonchev–Trinajstić information content (AvgIpc) is 3.79. The van der Waals surface area contributed by atoms with Gasteiger partial charge < -0.3 is 25.4 Å². The van der Waals surface area contributed by atoms with Crippen LogP contribution in [0.15, 0.2) is 66.2 Å². The number of carbonyl (C=O) groups excluding carboxylic acids is 4. The number of thiazole rings is 1. The standard InChI is InChI=1S/C38H39ClFN7O6S/c39-26-6-3-8-29(33(26)40)53-23-12-15-38(16-13-23,20-22-4-1-9-30(43-22)45-37-42-18-19-54-37)36(52)41-17-14-32(49)44-27-7-2-5-24-25(27)21-47(35(24)51)28-10-11-31(48)46-34(28)50/h1-9,18-19,23,28,36,41,52H,10-17,20-21H2,(H,44,49)(H,42,43,45)(H,46,48,50)/t23-,28?,36?,38-. The Morgan fingerprint density at radius 1 is 1.11 bits per heavy atom. The van der Waals surface area contributed by atoms with E-state index in [4.69, 9.17) is 21.3 Å². The van der Waals surface area contributed by atoms with Crippen molar-refractivity contribution in [1.29, 1.82) is 0 Å². The summed E-state index contributed by atoms with van der Waals surface area (Å²) in [5.74, 6) is -1.43. The van der Waals surface area contributed by atoms with Gasteiger partial charge in [-0.05, 0) is 74.9 Å². The molecular weight excluding hydrogens is 737 g/mol. The molecule has 5 N–H and O–H groups in total. The summed E-state index contributed by atoms with van der Waals surface area (Å²) < 4.78 is 20.7. The number of rotatable bonds is 13. The largest absolute Gasteiger partial charge is 0.487 e. The van der Waals surface area contributed by atoms with Crippen LogP contribution in [0.4, 0.5) is 21.0 Å². The van der Waals surface area contributed by atoms with Crippen molar-refractivity contribution in [2.45, 2.75) is 76.3 Å². The maximum atomic E-state index is 14.6. The second-order valence-corrected chi connectivity index (χ2v) is 15.1. The van der Waals surface area contributed by atoms with Crippen LogP contribution in [0.3, 0.4) is 0 Å². The minimum Gasteiger partial charge on any atom is -0.487 e. The van der Waals surface area contributed by atoms with Gasteiger partial charge in [0.2, 0.25) is 17.7 Å². The number of amides is 4. The Labute approximate surface area is 319 Å². The van der Waals surface area contributed by atoms with E-state index in [1.54, 1.807) is 36.5 Å². The van der Waals surface area contributed by atoms with Crippen molar-refractivity contribution in [3.05, 3.63) is 93.8 Å². The second-order valence-electron chi connectivity index (χ2n) is 13.8. The van der Waals surface area contributed by atoms with E-state index < -0.39 is 29.4 Å². The van der Waals surface area contributed by atoms with Gasteiger partial charge in [0.1, 0.15) is 18.1 Å². The molecule has 1 aliphatic carbocycles. The summed E-state index contributed by atoms with van der Waals surface area (Å²) in [6, 6.07) is 14.6. The van der Waals surface area contributed by atoms with E-state index in [9.17, 15) is 28.7 Å². The zero-order valence-corrected chi connectivity index (χ0v) is 30.7. The molecule has 13 nitrogen and oxygen atoms in total. The molecule has 2 unspecified atom stereocenters. The summed E-state index contributed by atoms with van der Waals surface area (Å²) >= 11 is 7.43. The number of pyridine rings is 1. The number of imide groups is 1. The van der Waals surface area contributed by atoms with Gasteiger partial charge in [0.25, 0.3) is 5.91 Å². The van der Waals surface area contributed by atoms with Gasteiger partial charge in [-0.15, -0.1) is 11.3 Å². The Hall–Kier alpha value is -4.96. The van der Waals surface area contributed by atoms with Crippen LogP contribution in [0.25, 0.3) is 0 Å². The number of halogens is 2. The first-order chi connectivity index (χ1) is 26.1. The number of hydrogen-bond acceptors (Lipinski definition) is 11. The Bertz CT molecular complexity index is 2040. The third kappa shape index (κ3) is 8.23. The van der Waals surface area contributed by atoms with Gasteiger partial charge >= 0.3 is 0 Å². The fourth-order valence-corrected chi connectivity index (χ4v) is 8.14. The maximum Gasteiger partial charge on any atom is 0.255 e. The molecular formula is C38H39ClFN7O6S. The Balaban J connectivity index is 0.998. The molecule has 1 saturated carbocycles. The second kappa shape index (κ2) is 16.2. The van der Waals surface area contributed by atoms with Crippen molar-refractivity contribution in [3.63, 3.8) is 0 Å². The zero-order chi connectivity index (χ0) is 37.8. The lowest BCUT2D eigenvalue weighted by molar-refractivity contribution is -0.137. The molecule has 16 heteroatoms. The number of fused-ring (bicyclic) bond motifs is 1. The lowest BCUT2D eigenvalue weighted by Crippen LogP contribution is -2.52. The number of aliphatic hydroxyl groups is 1. The normalized spacial score (nSPS) is 21.7. The SMILES string of the molecule is O=C1CCC(N2Cc3c(NC(=O)CCNC(O)[C@]4(Cc5cccc(Nc6nccs6)n5)CC[C@@H](Oc5cccc(Cl)c5F)CC4)cccc3C2=O)C(=O)N1. The number of anilines is 3. The monoisotopic (exact) mass is 775 g/mol. The van der Waals surface area contributed by atoms with E-state index in [0.29, 0.717) is 59.9 Å². The van der Waals surface area contributed by atoms with Gasteiger partial charge in [0.15, 0.2) is 16.7 Å². The minimum absolute atomic E-state index is 0.0158. The highest BCUT2D eigenvalue weighted by Gasteiger charge is 2.43. The Kier molecular flexibility index (Phi) is 11.2. The molecule has 2 atom stereocenters. The fourth-order valence-electron chi connectivity index (χ4n) is 7.44. The number of nitrogens with zero attached hydrogens (tertiary/aromatic N) is 3. The number of aromatic nitrogens is 2. The van der Waals surface area contributed by atoms with E-state index in [0.717, 1.165) is 5.69 Å². The van der Waals surface area contributed by atoms with Crippen LogP contribution in [0, 0.1) is 11.2 Å². The molecule has 2 aromatic heterocycles. The highest BCUT2D eigenvalue weighted by molar-refractivity contribution is 7.13. The summed E-state index contributed by atoms with van der Waals surface area (Å²) in [5.41, 5.74) is 1.53. The van der Waals surface area contributed by atoms with Crippen molar-refractivity contribution in [2.75, 3.05) is 17.2 Å². The highest BCUT2D eigenvalue weighted by Crippen LogP contribution is 2.43. The third-order valence-corrected chi connectivity index (χ3v) is 11.3. The molecule has 4 heterocycles. The Morgan fingerprint density at radius 2 is 1.91 bits per heavy atom. The van der Waals surface area contributed by atoms with Crippen molar-refractivity contribution in [1.82, 2.24) is 25.5 Å². The van der Waals surface area contributed by atoms with Crippen LogP contribution in [0.5, 0.6) is 5.75 Å². The van der Waals surface area contributed by atoms with E-state index in [-0.39, 0.29) is 66.9 Å². The number of hydrogen-bond donors (Lipinski definition) is 5. The third-order valence-electron chi connectivity index (χ3n) is 10.3. The van der Waals surface area contributed by atoms with Crippen LogP contribution >= 0.6 is 22.9 Å². The van der Waals surface area contributed by atoms with E-state index in [2.05, 4.69) is 26.3 Å². The number of benzene rings is 2. The van der Waals surface area contributed by atoms with Gasteiger partial charge in [-0.25, -0.2) is 14.4 Å². The topological polar surface area (TPSA) is 175 Å². The molecule has 4 aromatic rings. The number of ether oxygens (including phenoxy) is 1. The Morgan fingerprint density at radius 3 is 2.69 bits per heavy atom.